The van der Waals surface area contributed by atoms with E-state index in [1.807, 2.05) is 0 Å². The molecule has 3 nitrogen and oxygen atoms in total. The summed E-state index contributed by atoms with van der Waals surface area (Å²) in [6.07, 6.45) is 4.40. The van der Waals surface area contributed by atoms with Gasteiger partial charge in [0.2, 0.25) is 10.0 Å². The quantitative estimate of drug-likeness (QED) is 0.737. The van der Waals surface area contributed by atoms with Gasteiger partial charge in [-0.3, -0.25) is 0 Å². The van der Waals surface area contributed by atoms with E-state index in [4.69, 9.17) is 0 Å². The van der Waals surface area contributed by atoms with Crippen LogP contribution in [0.5, 0.6) is 0 Å². The molecular weight excluding hydrogens is 266 g/mol. The van der Waals surface area contributed by atoms with E-state index in [2.05, 4.69) is 15.9 Å². The van der Waals surface area contributed by atoms with Crippen molar-refractivity contribution in [3.63, 3.8) is 0 Å². The van der Waals surface area contributed by atoms with Crippen LogP contribution in [0.1, 0.15) is 25.7 Å². The summed E-state index contributed by atoms with van der Waals surface area (Å²) in [5.74, 6) is 0.353. The van der Waals surface area contributed by atoms with Crippen molar-refractivity contribution in [3.05, 3.63) is 0 Å². The van der Waals surface area contributed by atoms with Gasteiger partial charge in [0.15, 0.2) is 0 Å². The number of nitrogens with zero attached hydrogens (tertiary/aromatic N) is 1. The molecule has 1 saturated heterocycles. The summed E-state index contributed by atoms with van der Waals surface area (Å²) >= 11 is 3.51. The second-order valence-corrected chi connectivity index (χ2v) is 7.14. The zero-order chi connectivity index (χ0) is 10.2. The zero-order valence-electron chi connectivity index (χ0n) is 8.21. The summed E-state index contributed by atoms with van der Waals surface area (Å²) in [5, 5.41) is 0.937. The maximum atomic E-state index is 11.6. The molecule has 0 radical (unpaired) electrons. The van der Waals surface area contributed by atoms with Crippen molar-refractivity contribution >= 4 is 26.0 Å². The van der Waals surface area contributed by atoms with Gasteiger partial charge in [-0.15, -0.1) is 0 Å². The summed E-state index contributed by atoms with van der Waals surface area (Å²) in [6, 6.07) is 0. The summed E-state index contributed by atoms with van der Waals surface area (Å²) in [7, 11) is -2.89. The van der Waals surface area contributed by atoms with Gasteiger partial charge >= 0.3 is 0 Å². The predicted octanol–water partition coefficient (Wildman–Crippen LogP) is 1.59. The molecular formula is C9H16BrNO2S. The predicted molar refractivity (Wildman–Crippen MR) is 60.1 cm³/mol. The molecule has 0 unspecified atom stereocenters. The van der Waals surface area contributed by atoms with Crippen LogP contribution in [0.2, 0.25) is 0 Å². The summed E-state index contributed by atoms with van der Waals surface area (Å²) in [4.78, 5) is 0. The number of alkyl halides is 1. The minimum Gasteiger partial charge on any atom is -0.212 e. The van der Waals surface area contributed by atoms with E-state index in [0.29, 0.717) is 5.75 Å². The zero-order valence-corrected chi connectivity index (χ0v) is 10.6. The highest BCUT2D eigenvalue weighted by Crippen LogP contribution is 2.43. The molecule has 0 atom stereocenters. The molecule has 2 aliphatic rings. The number of hydrogen-bond acceptors (Lipinski definition) is 2. The Morgan fingerprint density at radius 1 is 1.29 bits per heavy atom. The largest absolute Gasteiger partial charge is 0.214 e. The fourth-order valence-electron chi connectivity index (χ4n) is 2.25. The van der Waals surface area contributed by atoms with E-state index in [1.165, 1.54) is 19.3 Å². The van der Waals surface area contributed by atoms with Crippen LogP contribution in [0.3, 0.4) is 0 Å². The first-order valence-corrected chi connectivity index (χ1v) is 7.85. The fraction of sp³-hybridized carbons (Fsp3) is 1.00. The standard InChI is InChI=1S/C9H16BrNO2S/c10-7-9(3-1-4-9)8-11-5-2-6-14(11,12)13/h1-8H2. The lowest BCUT2D eigenvalue weighted by Gasteiger charge is -2.42. The van der Waals surface area contributed by atoms with Crippen LogP contribution >= 0.6 is 15.9 Å². The molecule has 82 valence electrons. The van der Waals surface area contributed by atoms with Crippen molar-refractivity contribution in [2.75, 3.05) is 24.2 Å². The Kier molecular flexibility index (Phi) is 2.92. The van der Waals surface area contributed by atoms with Gasteiger partial charge < -0.3 is 0 Å². The third-order valence-corrected chi connectivity index (χ3v) is 6.51. The first-order valence-electron chi connectivity index (χ1n) is 5.12. The third-order valence-electron chi connectivity index (χ3n) is 3.41. The fourth-order valence-corrected chi connectivity index (χ4v) is 4.62. The van der Waals surface area contributed by atoms with Gasteiger partial charge in [0.25, 0.3) is 0 Å². The highest BCUT2D eigenvalue weighted by atomic mass is 79.9. The first-order chi connectivity index (χ1) is 6.58. The van der Waals surface area contributed by atoms with Crippen LogP contribution in [0.4, 0.5) is 0 Å². The van der Waals surface area contributed by atoms with Crippen LogP contribution in [-0.2, 0) is 10.0 Å². The van der Waals surface area contributed by atoms with Crippen molar-refractivity contribution < 1.29 is 8.42 Å². The molecule has 0 aromatic heterocycles. The van der Waals surface area contributed by atoms with Gasteiger partial charge in [0.1, 0.15) is 0 Å². The Bertz CT molecular complexity index is 305. The van der Waals surface area contributed by atoms with Gasteiger partial charge in [-0.1, -0.05) is 22.4 Å². The molecule has 0 spiro atoms. The molecule has 1 aliphatic heterocycles. The Morgan fingerprint density at radius 3 is 2.36 bits per heavy atom. The smallest absolute Gasteiger partial charge is 0.212 e. The molecule has 0 amide bonds. The number of rotatable bonds is 3. The van der Waals surface area contributed by atoms with Crippen LogP contribution in [0.25, 0.3) is 0 Å². The lowest BCUT2D eigenvalue weighted by atomic mass is 9.70. The van der Waals surface area contributed by atoms with E-state index in [1.54, 1.807) is 4.31 Å². The van der Waals surface area contributed by atoms with Crippen LogP contribution < -0.4 is 0 Å². The molecule has 2 rings (SSSR count). The minimum atomic E-state index is -2.89. The molecule has 0 bridgehead atoms. The van der Waals surface area contributed by atoms with Crippen molar-refractivity contribution in [1.29, 1.82) is 0 Å². The SMILES string of the molecule is O=S1(=O)CCCN1CC1(CBr)CCC1. The molecule has 14 heavy (non-hydrogen) atoms. The molecule has 0 N–H and O–H groups in total. The van der Waals surface area contributed by atoms with E-state index in [-0.39, 0.29) is 5.41 Å². The van der Waals surface area contributed by atoms with Gasteiger partial charge in [-0.05, 0) is 24.7 Å². The monoisotopic (exact) mass is 281 g/mol. The van der Waals surface area contributed by atoms with E-state index >= 15 is 0 Å². The summed E-state index contributed by atoms with van der Waals surface area (Å²) in [6.45, 7) is 1.47. The molecule has 1 aliphatic carbocycles. The second kappa shape index (κ2) is 3.76. The van der Waals surface area contributed by atoms with Gasteiger partial charge in [-0.2, -0.15) is 0 Å². The second-order valence-electron chi connectivity index (χ2n) is 4.49. The van der Waals surface area contributed by atoms with Crippen LogP contribution in [0, 0.1) is 5.41 Å². The van der Waals surface area contributed by atoms with Crippen molar-refractivity contribution in [3.8, 4) is 0 Å². The Morgan fingerprint density at radius 2 is 2.00 bits per heavy atom. The summed E-state index contributed by atoms with van der Waals surface area (Å²) < 4.78 is 24.9. The minimum absolute atomic E-state index is 0.247. The average molecular weight is 282 g/mol. The molecule has 5 heteroatoms. The third kappa shape index (κ3) is 1.86. The topological polar surface area (TPSA) is 37.4 Å². The average Bonchev–Trinajstić information content (AvgIpc) is 2.38. The molecule has 1 saturated carbocycles. The Labute approximate surface area is 94.0 Å². The van der Waals surface area contributed by atoms with Gasteiger partial charge in [0, 0.05) is 18.4 Å². The first kappa shape index (κ1) is 10.9. The summed E-state index contributed by atoms with van der Waals surface area (Å²) in [5.41, 5.74) is 0.247. The number of sulfonamides is 1. The normalized spacial score (nSPS) is 30.1. The lowest BCUT2D eigenvalue weighted by molar-refractivity contribution is 0.134. The molecule has 0 aromatic carbocycles. The van der Waals surface area contributed by atoms with Crippen molar-refractivity contribution in [2.45, 2.75) is 25.7 Å². The highest BCUT2D eigenvalue weighted by Gasteiger charge is 2.41. The maximum Gasteiger partial charge on any atom is 0.214 e. The number of halogens is 1. The molecule has 0 aromatic rings. The van der Waals surface area contributed by atoms with Crippen LogP contribution in [0.15, 0.2) is 0 Å². The van der Waals surface area contributed by atoms with Gasteiger partial charge in [0.05, 0.1) is 5.75 Å². The van der Waals surface area contributed by atoms with Crippen LogP contribution in [-0.4, -0.2) is 36.9 Å². The van der Waals surface area contributed by atoms with Crippen molar-refractivity contribution in [2.24, 2.45) is 5.41 Å². The van der Waals surface area contributed by atoms with Gasteiger partial charge in [-0.25, -0.2) is 12.7 Å². The van der Waals surface area contributed by atoms with E-state index < -0.39 is 10.0 Å². The highest BCUT2D eigenvalue weighted by molar-refractivity contribution is 9.09. The van der Waals surface area contributed by atoms with E-state index in [0.717, 1.165) is 24.8 Å². The Hall–Kier alpha value is 0.390. The van der Waals surface area contributed by atoms with Crippen molar-refractivity contribution in [1.82, 2.24) is 4.31 Å². The molecule has 2 fully saturated rings. The van der Waals surface area contributed by atoms with E-state index in [9.17, 15) is 8.42 Å². The Balaban J connectivity index is 2.03. The molecule has 1 heterocycles. The lowest BCUT2D eigenvalue weighted by Crippen LogP contribution is -2.44. The maximum absolute atomic E-state index is 11.6. The number of hydrogen-bond donors (Lipinski definition) is 0.